The molecule has 2 atom stereocenters. The number of aliphatic hydroxyl groups excluding tert-OH is 1. The minimum atomic E-state index is -0.549. The van der Waals surface area contributed by atoms with Gasteiger partial charge in [-0.3, -0.25) is 14.9 Å². The fourth-order valence-electron chi connectivity index (χ4n) is 2.24. The number of para-hydroxylation sites is 2. The molecule has 21 heavy (non-hydrogen) atoms. The smallest absolute Gasteiger partial charge is 0.310 e. The molecule has 0 saturated carbocycles. The van der Waals surface area contributed by atoms with Gasteiger partial charge in [-0.2, -0.15) is 0 Å². The number of benzene rings is 1. The van der Waals surface area contributed by atoms with Crippen molar-refractivity contribution in [2.45, 2.75) is 19.4 Å². The standard InChI is InChI=1S/C14H18N2O5/c1-10-6-7-15(8-12(10)17)14(18)9-21-13-5-3-2-4-11(13)16(19)20/h2-5,10,12,17H,6-9H2,1H3. The second kappa shape index (κ2) is 6.53. The second-order valence-corrected chi connectivity index (χ2v) is 5.19. The van der Waals surface area contributed by atoms with E-state index in [2.05, 4.69) is 0 Å². The van der Waals surface area contributed by atoms with E-state index in [1.54, 1.807) is 6.07 Å². The zero-order valence-corrected chi connectivity index (χ0v) is 11.8. The van der Waals surface area contributed by atoms with Gasteiger partial charge in [0, 0.05) is 19.2 Å². The molecule has 1 saturated heterocycles. The first-order valence-electron chi connectivity index (χ1n) is 6.81. The van der Waals surface area contributed by atoms with Gasteiger partial charge in [-0.25, -0.2) is 0 Å². The zero-order chi connectivity index (χ0) is 15.4. The number of hydrogen-bond acceptors (Lipinski definition) is 5. The van der Waals surface area contributed by atoms with Crippen molar-refractivity contribution in [3.63, 3.8) is 0 Å². The van der Waals surface area contributed by atoms with Crippen LogP contribution in [0.5, 0.6) is 5.75 Å². The Morgan fingerprint density at radius 1 is 1.52 bits per heavy atom. The number of nitrogens with zero attached hydrogens (tertiary/aromatic N) is 2. The predicted octanol–water partition coefficient (Wildman–Crippen LogP) is 1.20. The molecule has 1 heterocycles. The van der Waals surface area contributed by atoms with E-state index >= 15 is 0 Å². The Hall–Kier alpha value is -2.15. The number of carbonyl (C=O) groups excluding carboxylic acids is 1. The van der Waals surface area contributed by atoms with Crippen LogP contribution in [0.2, 0.25) is 0 Å². The molecule has 0 bridgehead atoms. The Bertz CT molecular complexity index is 534. The van der Waals surface area contributed by atoms with Gasteiger partial charge < -0.3 is 14.7 Å². The lowest BCUT2D eigenvalue weighted by Crippen LogP contribution is -2.47. The van der Waals surface area contributed by atoms with Crippen molar-refractivity contribution in [3.8, 4) is 5.75 Å². The summed E-state index contributed by atoms with van der Waals surface area (Å²) in [6.07, 6.45) is 0.201. The molecule has 1 aliphatic heterocycles. The summed E-state index contributed by atoms with van der Waals surface area (Å²) in [7, 11) is 0. The molecule has 0 aliphatic carbocycles. The van der Waals surface area contributed by atoms with Crippen molar-refractivity contribution in [3.05, 3.63) is 34.4 Å². The van der Waals surface area contributed by atoms with Gasteiger partial charge >= 0.3 is 5.69 Å². The first kappa shape index (κ1) is 15.2. The lowest BCUT2D eigenvalue weighted by molar-refractivity contribution is -0.385. The highest BCUT2D eigenvalue weighted by Gasteiger charge is 2.27. The van der Waals surface area contributed by atoms with E-state index in [0.717, 1.165) is 6.42 Å². The molecular formula is C14H18N2O5. The average molecular weight is 294 g/mol. The number of piperidine rings is 1. The largest absolute Gasteiger partial charge is 0.477 e. The number of nitro benzene ring substituents is 1. The number of aliphatic hydroxyl groups is 1. The first-order chi connectivity index (χ1) is 9.99. The summed E-state index contributed by atoms with van der Waals surface area (Å²) in [5, 5.41) is 20.6. The number of carbonyl (C=O) groups is 1. The van der Waals surface area contributed by atoms with Crippen LogP contribution in [-0.2, 0) is 4.79 Å². The molecule has 1 fully saturated rings. The number of hydrogen-bond donors (Lipinski definition) is 1. The number of β-amino-alcohol motifs (C(OH)–C–C–N with tert-alkyl or cyclic N) is 1. The van der Waals surface area contributed by atoms with Crippen LogP contribution in [-0.4, -0.2) is 46.6 Å². The second-order valence-electron chi connectivity index (χ2n) is 5.19. The molecule has 1 aromatic rings. The summed E-state index contributed by atoms with van der Waals surface area (Å²) in [4.78, 5) is 23.8. The molecule has 1 N–H and O–H groups in total. The molecule has 2 rings (SSSR count). The average Bonchev–Trinajstić information content (AvgIpc) is 2.47. The van der Waals surface area contributed by atoms with Gasteiger partial charge in [0.1, 0.15) is 0 Å². The van der Waals surface area contributed by atoms with Crippen LogP contribution in [0, 0.1) is 16.0 Å². The highest BCUT2D eigenvalue weighted by molar-refractivity contribution is 5.78. The van der Waals surface area contributed by atoms with E-state index in [1.807, 2.05) is 6.92 Å². The fourth-order valence-corrected chi connectivity index (χ4v) is 2.24. The summed E-state index contributed by atoms with van der Waals surface area (Å²) in [6, 6.07) is 5.93. The molecule has 1 aliphatic rings. The Labute approximate surface area is 122 Å². The summed E-state index contributed by atoms with van der Waals surface area (Å²) < 4.78 is 5.26. The lowest BCUT2D eigenvalue weighted by Gasteiger charge is -2.34. The van der Waals surface area contributed by atoms with Gasteiger partial charge in [-0.05, 0) is 18.4 Å². The molecule has 0 radical (unpaired) electrons. The van der Waals surface area contributed by atoms with E-state index in [-0.39, 0.29) is 36.4 Å². The van der Waals surface area contributed by atoms with E-state index in [0.29, 0.717) is 6.54 Å². The summed E-state index contributed by atoms with van der Waals surface area (Å²) in [6.45, 7) is 2.51. The fraction of sp³-hybridized carbons (Fsp3) is 0.500. The summed E-state index contributed by atoms with van der Waals surface area (Å²) in [5.74, 6) is -0.0361. The molecule has 7 nitrogen and oxygen atoms in total. The molecule has 1 amide bonds. The van der Waals surface area contributed by atoms with Crippen molar-refractivity contribution >= 4 is 11.6 Å². The van der Waals surface area contributed by atoms with Gasteiger partial charge in [0.25, 0.3) is 5.91 Å². The van der Waals surface area contributed by atoms with Gasteiger partial charge in [0.15, 0.2) is 12.4 Å². The lowest BCUT2D eigenvalue weighted by atomic mass is 9.96. The Kier molecular flexibility index (Phi) is 4.74. The highest BCUT2D eigenvalue weighted by Crippen LogP contribution is 2.26. The van der Waals surface area contributed by atoms with Crippen molar-refractivity contribution in [2.24, 2.45) is 5.92 Å². The monoisotopic (exact) mass is 294 g/mol. The number of rotatable bonds is 4. The predicted molar refractivity (Wildman–Crippen MR) is 75.0 cm³/mol. The van der Waals surface area contributed by atoms with Gasteiger partial charge in [0.05, 0.1) is 11.0 Å². The van der Waals surface area contributed by atoms with E-state index < -0.39 is 11.0 Å². The maximum Gasteiger partial charge on any atom is 0.310 e. The zero-order valence-electron chi connectivity index (χ0n) is 11.8. The number of amides is 1. The van der Waals surface area contributed by atoms with Crippen molar-refractivity contribution in [2.75, 3.05) is 19.7 Å². The van der Waals surface area contributed by atoms with Gasteiger partial charge in [0.2, 0.25) is 0 Å². The third-order valence-corrected chi connectivity index (χ3v) is 3.68. The Balaban J connectivity index is 1.94. The highest BCUT2D eigenvalue weighted by atomic mass is 16.6. The van der Waals surface area contributed by atoms with Crippen LogP contribution in [0.1, 0.15) is 13.3 Å². The van der Waals surface area contributed by atoms with Crippen LogP contribution >= 0.6 is 0 Å². The Morgan fingerprint density at radius 3 is 2.90 bits per heavy atom. The maximum atomic E-state index is 12.0. The Morgan fingerprint density at radius 2 is 2.24 bits per heavy atom. The van der Waals surface area contributed by atoms with Crippen LogP contribution in [0.3, 0.4) is 0 Å². The van der Waals surface area contributed by atoms with E-state index in [9.17, 15) is 20.0 Å². The van der Waals surface area contributed by atoms with Gasteiger partial charge in [-0.15, -0.1) is 0 Å². The van der Waals surface area contributed by atoms with Crippen molar-refractivity contribution in [1.82, 2.24) is 4.90 Å². The van der Waals surface area contributed by atoms with Gasteiger partial charge in [-0.1, -0.05) is 19.1 Å². The SMILES string of the molecule is CC1CCN(C(=O)COc2ccccc2[N+](=O)[O-])CC1O. The number of ether oxygens (including phenoxy) is 1. The molecule has 7 heteroatoms. The maximum absolute atomic E-state index is 12.0. The molecular weight excluding hydrogens is 276 g/mol. The number of nitro groups is 1. The normalized spacial score (nSPS) is 21.9. The van der Waals surface area contributed by atoms with Crippen molar-refractivity contribution in [1.29, 1.82) is 0 Å². The topological polar surface area (TPSA) is 92.9 Å². The van der Waals surface area contributed by atoms with E-state index in [1.165, 1.54) is 23.1 Å². The first-order valence-corrected chi connectivity index (χ1v) is 6.81. The summed E-state index contributed by atoms with van der Waals surface area (Å²) >= 11 is 0. The molecule has 114 valence electrons. The van der Waals surface area contributed by atoms with Crippen LogP contribution < -0.4 is 4.74 Å². The molecule has 0 spiro atoms. The molecule has 0 aromatic heterocycles. The quantitative estimate of drug-likeness (QED) is 0.665. The third-order valence-electron chi connectivity index (χ3n) is 3.68. The van der Waals surface area contributed by atoms with Crippen LogP contribution in [0.25, 0.3) is 0 Å². The summed E-state index contributed by atoms with van der Waals surface area (Å²) in [5.41, 5.74) is -0.169. The van der Waals surface area contributed by atoms with Crippen molar-refractivity contribution < 1.29 is 19.6 Å². The number of likely N-dealkylation sites (tertiary alicyclic amines) is 1. The minimum absolute atomic E-state index is 0.0711. The van der Waals surface area contributed by atoms with Crippen LogP contribution in [0.4, 0.5) is 5.69 Å². The van der Waals surface area contributed by atoms with Crippen LogP contribution in [0.15, 0.2) is 24.3 Å². The molecule has 2 unspecified atom stereocenters. The minimum Gasteiger partial charge on any atom is -0.477 e. The third kappa shape index (κ3) is 3.69. The van der Waals surface area contributed by atoms with E-state index in [4.69, 9.17) is 4.74 Å². The molecule has 1 aromatic carbocycles.